The summed E-state index contributed by atoms with van der Waals surface area (Å²) in [5, 5.41) is 0. The molecule has 0 saturated carbocycles. The molecule has 2 fully saturated rings. The molecule has 0 atom stereocenters. The van der Waals surface area contributed by atoms with Crippen molar-refractivity contribution in [2.45, 2.75) is 19.8 Å². The zero-order valence-corrected chi connectivity index (χ0v) is 9.34. The standard InChI is InChI=1S/C11H23N3/c1-2-13-6-3-11(4-7-13)9-14(10-11)8-5-12/h2-10,12H2,1H3. The number of nitrogens with two attached hydrogens (primary N) is 1. The first-order chi connectivity index (χ1) is 6.78. The zero-order valence-electron chi connectivity index (χ0n) is 9.34. The molecule has 14 heavy (non-hydrogen) atoms. The summed E-state index contributed by atoms with van der Waals surface area (Å²) >= 11 is 0. The fourth-order valence-corrected chi connectivity index (χ4v) is 2.90. The van der Waals surface area contributed by atoms with Gasteiger partial charge in [-0.25, -0.2) is 0 Å². The van der Waals surface area contributed by atoms with Gasteiger partial charge >= 0.3 is 0 Å². The molecule has 0 unspecified atom stereocenters. The topological polar surface area (TPSA) is 32.5 Å². The minimum absolute atomic E-state index is 0.681. The molecule has 0 radical (unpaired) electrons. The lowest BCUT2D eigenvalue weighted by Crippen LogP contribution is -2.60. The normalized spacial score (nSPS) is 27.9. The maximum atomic E-state index is 5.55. The lowest BCUT2D eigenvalue weighted by Gasteiger charge is -2.54. The summed E-state index contributed by atoms with van der Waals surface area (Å²) in [4.78, 5) is 5.07. The first-order valence-electron chi connectivity index (χ1n) is 5.93. The molecule has 0 aromatic heterocycles. The second-order valence-electron chi connectivity index (χ2n) is 4.93. The lowest BCUT2D eigenvalue weighted by atomic mass is 9.72. The van der Waals surface area contributed by atoms with Crippen LogP contribution in [0.25, 0.3) is 0 Å². The van der Waals surface area contributed by atoms with Crippen LogP contribution < -0.4 is 5.73 Å². The molecule has 3 nitrogen and oxygen atoms in total. The van der Waals surface area contributed by atoms with Gasteiger partial charge in [0, 0.05) is 26.2 Å². The van der Waals surface area contributed by atoms with E-state index in [1.807, 2.05) is 0 Å². The quantitative estimate of drug-likeness (QED) is 0.709. The molecule has 0 bridgehead atoms. The van der Waals surface area contributed by atoms with Gasteiger partial charge in [-0.2, -0.15) is 0 Å². The third-order valence-electron chi connectivity index (χ3n) is 3.93. The fraction of sp³-hybridized carbons (Fsp3) is 1.00. The molecule has 1 spiro atoms. The van der Waals surface area contributed by atoms with E-state index in [2.05, 4.69) is 16.7 Å². The molecule has 0 aromatic carbocycles. The Hall–Kier alpha value is -0.120. The highest BCUT2D eigenvalue weighted by Crippen LogP contribution is 2.39. The van der Waals surface area contributed by atoms with Gasteiger partial charge < -0.3 is 15.5 Å². The summed E-state index contributed by atoms with van der Waals surface area (Å²) in [7, 11) is 0. The summed E-state index contributed by atoms with van der Waals surface area (Å²) in [6.07, 6.45) is 2.81. The Balaban J connectivity index is 1.74. The third kappa shape index (κ3) is 1.95. The predicted molar refractivity (Wildman–Crippen MR) is 59.3 cm³/mol. The summed E-state index contributed by atoms with van der Waals surface area (Å²) < 4.78 is 0. The molecule has 2 rings (SSSR count). The third-order valence-corrected chi connectivity index (χ3v) is 3.93. The van der Waals surface area contributed by atoms with Crippen LogP contribution in [0.15, 0.2) is 0 Å². The molecule has 0 amide bonds. The van der Waals surface area contributed by atoms with Crippen molar-refractivity contribution in [3.05, 3.63) is 0 Å². The molecule has 0 aliphatic carbocycles. The second-order valence-corrected chi connectivity index (χ2v) is 4.93. The van der Waals surface area contributed by atoms with Crippen molar-refractivity contribution in [2.24, 2.45) is 11.1 Å². The van der Waals surface area contributed by atoms with E-state index in [1.165, 1.54) is 45.6 Å². The smallest absolute Gasteiger partial charge is 0.0105 e. The molecule has 2 N–H and O–H groups in total. The van der Waals surface area contributed by atoms with Gasteiger partial charge in [0.2, 0.25) is 0 Å². The predicted octanol–water partition coefficient (Wildman–Crippen LogP) is 0.363. The van der Waals surface area contributed by atoms with Crippen molar-refractivity contribution >= 4 is 0 Å². The minimum atomic E-state index is 0.681. The van der Waals surface area contributed by atoms with Crippen molar-refractivity contribution in [1.82, 2.24) is 9.80 Å². The van der Waals surface area contributed by atoms with Crippen LogP contribution in [0.5, 0.6) is 0 Å². The van der Waals surface area contributed by atoms with Crippen molar-refractivity contribution in [3.8, 4) is 0 Å². The molecular formula is C11H23N3. The van der Waals surface area contributed by atoms with E-state index < -0.39 is 0 Å². The van der Waals surface area contributed by atoms with Crippen LogP contribution in [0.4, 0.5) is 0 Å². The van der Waals surface area contributed by atoms with Crippen LogP contribution in [0.2, 0.25) is 0 Å². The van der Waals surface area contributed by atoms with Gasteiger partial charge in [0.15, 0.2) is 0 Å². The Labute approximate surface area is 87.2 Å². The molecule has 82 valence electrons. The van der Waals surface area contributed by atoms with Gasteiger partial charge in [-0.15, -0.1) is 0 Å². The van der Waals surface area contributed by atoms with E-state index >= 15 is 0 Å². The Morgan fingerprint density at radius 3 is 2.29 bits per heavy atom. The summed E-state index contributed by atoms with van der Waals surface area (Å²) in [5.74, 6) is 0. The number of nitrogens with zero attached hydrogens (tertiary/aromatic N) is 2. The van der Waals surface area contributed by atoms with Crippen molar-refractivity contribution in [3.63, 3.8) is 0 Å². The maximum Gasteiger partial charge on any atom is 0.0105 e. The van der Waals surface area contributed by atoms with E-state index in [1.54, 1.807) is 0 Å². The van der Waals surface area contributed by atoms with Crippen molar-refractivity contribution in [1.29, 1.82) is 0 Å². The van der Waals surface area contributed by atoms with Crippen molar-refractivity contribution in [2.75, 3.05) is 45.8 Å². The number of hydrogen-bond acceptors (Lipinski definition) is 3. The number of hydrogen-bond donors (Lipinski definition) is 1. The van der Waals surface area contributed by atoms with Crippen LogP contribution in [-0.4, -0.2) is 55.6 Å². The molecule has 0 aromatic rings. The fourth-order valence-electron chi connectivity index (χ4n) is 2.90. The summed E-state index contributed by atoms with van der Waals surface area (Å²) in [5.41, 5.74) is 6.23. The molecule has 2 saturated heterocycles. The molecule has 3 heteroatoms. The zero-order chi connectivity index (χ0) is 10.0. The van der Waals surface area contributed by atoms with E-state index in [4.69, 9.17) is 5.73 Å². The van der Waals surface area contributed by atoms with E-state index in [9.17, 15) is 0 Å². The minimum Gasteiger partial charge on any atom is -0.329 e. The Morgan fingerprint density at radius 2 is 1.79 bits per heavy atom. The Bertz CT molecular complexity index is 169. The Morgan fingerprint density at radius 1 is 1.14 bits per heavy atom. The molecule has 2 aliphatic rings. The first-order valence-corrected chi connectivity index (χ1v) is 5.93. The van der Waals surface area contributed by atoms with Crippen molar-refractivity contribution < 1.29 is 0 Å². The molecular weight excluding hydrogens is 174 g/mol. The second kappa shape index (κ2) is 4.17. The van der Waals surface area contributed by atoms with Crippen LogP contribution >= 0.6 is 0 Å². The Kier molecular flexibility index (Phi) is 3.10. The number of likely N-dealkylation sites (tertiary alicyclic amines) is 2. The van der Waals surface area contributed by atoms with Crippen LogP contribution in [0, 0.1) is 5.41 Å². The number of piperidine rings is 1. The lowest BCUT2D eigenvalue weighted by molar-refractivity contribution is -0.0435. The van der Waals surface area contributed by atoms with E-state index in [0.29, 0.717) is 5.41 Å². The van der Waals surface area contributed by atoms with E-state index in [0.717, 1.165) is 13.1 Å². The van der Waals surface area contributed by atoms with Gasteiger partial charge in [0.1, 0.15) is 0 Å². The SMILES string of the molecule is CCN1CCC2(CC1)CN(CCN)C2. The number of rotatable bonds is 3. The van der Waals surface area contributed by atoms with E-state index in [-0.39, 0.29) is 0 Å². The maximum absolute atomic E-state index is 5.55. The van der Waals surface area contributed by atoms with Gasteiger partial charge in [0.25, 0.3) is 0 Å². The van der Waals surface area contributed by atoms with Crippen LogP contribution in [0.1, 0.15) is 19.8 Å². The molecule has 2 heterocycles. The highest BCUT2D eigenvalue weighted by Gasteiger charge is 2.43. The van der Waals surface area contributed by atoms with Gasteiger partial charge in [-0.05, 0) is 37.9 Å². The monoisotopic (exact) mass is 197 g/mol. The largest absolute Gasteiger partial charge is 0.329 e. The average Bonchev–Trinajstić information content (AvgIpc) is 2.17. The van der Waals surface area contributed by atoms with Gasteiger partial charge in [0.05, 0.1) is 0 Å². The van der Waals surface area contributed by atoms with Crippen LogP contribution in [-0.2, 0) is 0 Å². The first kappa shape index (κ1) is 10.4. The summed E-state index contributed by atoms with van der Waals surface area (Å²) in [6, 6.07) is 0. The van der Waals surface area contributed by atoms with Gasteiger partial charge in [-0.3, -0.25) is 0 Å². The average molecular weight is 197 g/mol. The molecule has 2 aliphatic heterocycles. The highest BCUT2D eigenvalue weighted by atomic mass is 15.2. The summed E-state index contributed by atoms with van der Waals surface area (Å²) in [6.45, 7) is 10.6. The highest BCUT2D eigenvalue weighted by molar-refractivity contribution is 4.97. The van der Waals surface area contributed by atoms with Gasteiger partial charge in [-0.1, -0.05) is 6.92 Å². The van der Waals surface area contributed by atoms with Crippen LogP contribution in [0.3, 0.4) is 0 Å².